The lowest BCUT2D eigenvalue weighted by Gasteiger charge is -2.11. The summed E-state index contributed by atoms with van der Waals surface area (Å²) >= 11 is 0. The Labute approximate surface area is 397 Å². The Morgan fingerprint density at radius 2 is 0.571 bits per heavy atom. The van der Waals surface area contributed by atoms with Gasteiger partial charge in [0, 0.05) is 44.2 Å². The first-order chi connectivity index (χ1) is 34.7. The first kappa shape index (κ1) is 38.3. The van der Waals surface area contributed by atoms with Crippen LogP contribution in [0.25, 0.3) is 145 Å². The molecule has 0 N–H and O–H groups in total. The van der Waals surface area contributed by atoms with E-state index in [-0.39, 0.29) is 0 Å². The monoisotopic (exact) mass is 898 g/mol. The van der Waals surface area contributed by atoms with E-state index in [1.54, 1.807) is 0 Å². The molecule has 0 aliphatic rings. The Balaban J connectivity index is 1.05. The largest absolute Gasteiger partial charge is 0.452 e. The molecule has 10 nitrogen and oxygen atoms in total. The van der Waals surface area contributed by atoms with E-state index in [0.29, 0.717) is 34.9 Å². The lowest BCUT2D eigenvalue weighted by molar-refractivity contribution is 0.653. The minimum atomic E-state index is 0.564. The number of para-hydroxylation sites is 4. The summed E-state index contributed by atoms with van der Waals surface area (Å²) in [6, 6.07) is 69.6. The molecule has 6 aromatic heterocycles. The van der Waals surface area contributed by atoms with Crippen LogP contribution in [0.2, 0.25) is 0 Å². The summed E-state index contributed by atoms with van der Waals surface area (Å²) in [6.45, 7) is 0. The molecule has 15 rings (SSSR count). The van der Waals surface area contributed by atoms with Crippen molar-refractivity contribution < 1.29 is 8.83 Å². The molecule has 0 aliphatic carbocycles. The molecular formula is C60H34N8O2. The molecular weight excluding hydrogens is 865 g/mol. The van der Waals surface area contributed by atoms with Gasteiger partial charge in [0.1, 0.15) is 11.0 Å². The highest BCUT2D eigenvalue weighted by Gasteiger charge is 2.28. The van der Waals surface area contributed by atoms with E-state index < -0.39 is 0 Å². The van der Waals surface area contributed by atoms with Gasteiger partial charge in [-0.15, -0.1) is 0 Å². The van der Waals surface area contributed by atoms with E-state index in [0.717, 1.165) is 110 Å². The predicted molar refractivity (Wildman–Crippen MR) is 277 cm³/mol. The number of aromatic nitrogens is 8. The SMILES string of the molecule is c1ccc(-c2nc(-c3ccccc3)nc(-c3ccc4c(c3)c3c5oc6ccccc6n6c7ccc(-c8nc(-c9ccccc9)nc(-c9ccccc9)n8)cc7c(c7oc8ccccc8n4c73)c56)n2)cc1. The highest BCUT2D eigenvalue weighted by molar-refractivity contribution is 6.35. The van der Waals surface area contributed by atoms with Crippen molar-refractivity contribution in [2.24, 2.45) is 0 Å². The van der Waals surface area contributed by atoms with E-state index in [1.165, 1.54) is 0 Å². The summed E-state index contributed by atoms with van der Waals surface area (Å²) in [5.74, 6) is 3.52. The molecule has 6 heterocycles. The third kappa shape index (κ3) is 5.74. The standard InChI is InChI=1S/C60H34N8O2/c1-5-17-35(18-6-1)55-61-56(36-19-7-2-8-20-36)64-59(63-55)39-29-31-43-41(33-39)49-51-54(70-47-27-15-13-25-45(47)67(43)51)50-42-34-40(30-32-44(42)68-46-26-14-16-28-48(46)69-53(49)52(50)68)60-65-57(37-21-9-3-10-22-37)62-58(66-60)38-23-11-4-12-24-38/h1-34H. The van der Waals surface area contributed by atoms with Gasteiger partial charge in [-0.2, -0.15) is 0 Å². The molecule has 0 aliphatic heterocycles. The topological polar surface area (TPSA) is 112 Å². The maximum absolute atomic E-state index is 7.21. The fraction of sp³-hybridized carbons (Fsp3) is 0. The minimum absolute atomic E-state index is 0.564. The van der Waals surface area contributed by atoms with Gasteiger partial charge in [-0.25, -0.2) is 29.9 Å². The van der Waals surface area contributed by atoms with E-state index in [9.17, 15) is 0 Å². The van der Waals surface area contributed by atoms with Crippen LogP contribution < -0.4 is 0 Å². The molecule has 15 aromatic rings. The van der Waals surface area contributed by atoms with Gasteiger partial charge in [0.15, 0.2) is 57.3 Å². The van der Waals surface area contributed by atoms with Crippen molar-refractivity contribution in [3.8, 4) is 68.3 Å². The van der Waals surface area contributed by atoms with Gasteiger partial charge < -0.3 is 17.6 Å². The van der Waals surface area contributed by atoms with Crippen LogP contribution >= 0.6 is 0 Å². The summed E-state index contributed by atoms with van der Waals surface area (Å²) in [5, 5.41) is 3.78. The Kier molecular flexibility index (Phi) is 8.13. The highest BCUT2D eigenvalue weighted by atomic mass is 16.3. The number of hydrogen-bond donors (Lipinski definition) is 0. The Morgan fingerprint density at radius 3 is 0.914 bits per heavy atom. The normalized spacial score (nSPS) is 12.0. The number of hydrogen-bond acceptors (Lipinski definition) is 8. The summed E-state index contributed by atoms with van der Waals surface area (Å²) in [5.41, 5.74) is 13.9. The van der Waals surface area contributed by atoms with Gasteiger partial charge in [0.25, 0.3) is 0 Å². The summed E-state index contributed by atoms with van der Waals surface area (Å²) in [6.07, 6.45) is 0. The molecule has 0 radical (unpaired) electrons. The zero-order valence-electron chi connectivity index (χ0n) is 37.0. The van der Waals surface area contributed by atoms with E-state index in [1.807, 2.05) is 146 Å². The average molecular weight is 899 g/mol. The first-order valence-electron chi connectivity index (χ1n) is 23.1. The van der Waals surface area contributed by atoms with Crippen molar-refractivity contribution in [3.63, 3.8) is 0 Å². The Hall–Kier alpha value is -9.80. The molecule has 10 heteroatoms. The van der Waals surface area contributed by atoms with Crippen LogP contribution in [-0.4, -0.2) is 38.7 Å². The van der Waals surface area contributed by atoms with Crippen molar-refractivity contribution in [2.75, 3.05) is 0 Å². The Morgan fingerprint density at radius 1 is 0.271 bits per heavy atom. The lowest BCUT2D eigenvalue weighted by Crippen LogP contribution is -2.00. The maximum Gasteiger partial charge on any atom is 0.164 e. The number of rotatable bonds is 6. The summed E-state index contributed by atoms with van der Waals surface area (Å²) < 4.78 is 19.0. The predicted octanol–water partition coefficient (Wildman–Crippen LogP) is 14.7. The van der Waals surface area contributed by atoms with Crippen molar-refractivity contribution in [3.05, 3.63) is 206 Å². The highest BCUT2D eigenvalue weighted by Crippen LogP contribution is 2.48. The van der Waals surface area contributed by atoms with Gasteiger partial charge >= 0.3 is 0 Å². The van der Waals surface area contributed by atoms with Crippen LogP contribution in [0, 0.1) is 0 Å². The average Bonchev–Trinajstić information content (AvgIpc) is 3.98. The molecule has 0 saturated carbocycles. The maximum atomic E-state index is 7.21. The minimum Gasteiger partial charge on any atom is -0.452 e. The van der Waals surface area contributed by atoms with E-state index >= 15 is 0 Å². The van der Waals surface area contributed by atoms with Crippen molar-refractivity contribution in [1.29, 1.82) is 0 Å². The van der Waals surface area contributed by atoms with E-state index in [2.05, 4.69) is 69.5 Å². The summed E-state index contributed by atoms with van der Waals surface area (Å²) in [7, 11) is 0. The van der Waals surface area contributed by atoms with Gasteiger partial charge in [0.05, 0.1) is 32.8 Å². The molecule has 326 valence electrons. The lowest BCUT2D eigenvalue weighted by atomic mass is 10.0. The smallest absolute Gasteiger partial charge is 0.164 e. The van der Waals surface area contributed by atoms with Crippen LogP contribution in [0.15, 0.2) is 215 Å². The van der Waals surface area contributed by atoms with Crippen LogP contribution in [0.4, 0.5) is 0 Å². The summed E-state index contributed by atoms with van der Waals surface area (Å²) in [4.78, 5) is 30.5. The molecule has 0 atom stereocenters. The number of benzene rings is 9. The second kappa shape index (κ2) is 14.9. The van der Waals surface area contributed by atoms with Crippen LogP contribution in [-0.2, 0) is 0 Å². The molecule has 0 fully saturated rings. The van der Waals surface area contributed by atoms with Gasteiger partial charge in [-0.05, 0) is 60.7 Å². The third-order valence-electron chi connectivity index (χ3n) is 13.4. The molecule has 0 unspecified atom stereocenters. The van der Waals surface area contributed by atoms with Crippen LogP contribution in [0.3, 0.4) is 0 Å². The zero-order chi connectivity index (χ0) is 45.9. The first-order valence-corrected chi connectivity index (χ1v) is 23.1. The van der Waals surface area contributed by atoms with Gasteiger partial charge in [-0.3, -0.25) is 0 Å². The third-order valence-corrected chi connectivity index (χ3v) is 13.4. The Bertz CT molecular complexity index is 4170. The van der Waals surface area contributed by atoms with Crippen molar-refractivity contribution in [2.45, 2.75) is 0 Å². The fourth-order valence-electron chi connectivity index (χ4n) is 10.2. The molecule has 0 bridgehead atoms. The number of fused-ring (bicyclic) bond motifs is 12. The fourth-order valence-corrected chi connectivity index (χ4v) is 10.2. The molecule has 0 amide bonds. The van der Waals surface area contributed by atoms with Crippen molar-refractivity contribution in [1.82, 2.24) is 38.7 Å². The second-order valence-electron chi connectivity index (χ2n) is 17.5. The van der Waals surface area contributed by atoms with Crippen molar-refractivity contribution >= 4 is 77.0 Å². The zero-order valence-corrected chi connectivity index (χ0v) is 37.0. The van der Waals surface area contributed by atoms with Crippen LogP contribution in [0.5, 0.6) is 0 Å². The molecule has 0 spiro atoms. The van der Waals surface area contributed by atoms with Crippen LogP contribution in [0.1, 0.15) is 0 Å². The second-order valence-corrected chi connectivity index (χ2v) is 17.5. The molecule has 9 aromatic carbocycles. The molecule has 0 saturated heterocycles. The van der Waals surface area contributed by atoms with Gasteiger partial charge in [-0.1, -0.05) is 146 Å². The van der Waals surface area contributed by atoms with E-state index in [4.69, 9.17) is 38.7 Å². The number of nitrogens with zero attached hydrogens (tertiary/aromatic N) is 8. The molecule has 70 heavy (non-hydrogen) atoms. The quantitative estimate of drug-likeness (QED) is 0.152. The van der Waals surface area contributed by atoms with Gasteiger partial charge in [0.2, 0.25) is 0 Å².